The van der Waals surface area contributed by atoms with Gasteiger partial charge in [0, 0.05) is 47.5 Å². The molecule has 0 amide bonds. The average molecular weight is 615 g/mol. The molecule has 1 aliphatic carbocycles. The van der Waals surface area contributed by atoms with Crippen molar-refractivity contribution in [2.45, 2.75) is 97.8 Å². The van der Waals surface area contributed by atoms with Crippen molar-refractivity contribution in [2.24, 2.45) is 5.92 Å². The van der Waals surface area contributed by atoms with Crippen LogP contribution in [0.2, 0.25) is 0 Å². The second-order valence-electron chi connectivity index (χ2n) is 14.5. The van der Waals surface area contributed by atoms with Crippen LogP contribution < -0.4 is 4.90 Å². The zero-order chi connectivity index (χ0) is 32.5. The summed E-state index contributed by atoms with van der Waals surface area (Å²) >= 11 is 0. The van der Waals surface area contributed by atoms with E-state index in [1.54, 1.807) is 6.33 Å². The first-order valence-corrected chi connectivity index (χ1v) is 17.5. The Morgan fingerprint density at radius 3 is 2.35 bits per heavy atom. The van der Waals surface area contributed by atoms with Gasteiger partial charge in [-0.2, -0.15) is 9.67 Å². The minimum absolute atomic E-state index is 0.0663. The van der Waals surface area contributed by atoms with Crippen molar-refractivity contribution in [3.8, 4) is 0 Å². The molecule has 1 unspecified atom stereocenters. The molecule has 1 atom stereocenters. The van der Waals surface area contributed by atoms with Crippen molar-refractivity contribution in [3.63, 3.8) is 0 Å². The van der Waals surface area contributed by atoms with E-state index in [1.165, 1.54) is 76.4 Å². The minimum Gasteiger partial charge on any atom is -0.344 e. The lowest BCUT2D eigenvalue weighted by Gasteiger charge is -2.28. The Labute approximate surface area is 276 Å². The van der Waals surface area contributed by atoms with E-state index in [-0.39, 0.29) is 10.8 Å². The Morgan fingerprint density at radius 1 is 0.870 bits per heavy atom. The molecule has 0 radical (unpaired) electrons. The first-order valence-electron chi connectivity index (χ1n) is 17.5. The third kappa shape index (κ3) is 5.74. The summed E-state index contributed by atoms with van der Waals surface area (Å²) in [6.07, 6.45) is 19.8. The Morgan fingerprint density at radius 2 is 1.61 bits per heavy atom. The molecule has 6 rings (SSSR count). The van der Waals surface area contributed by atoms with Gasteiger partial charge in [-0.25, -0.2) is 9.67 Å². The molecule has 0 N–H and O–H groups in total. The molecule has 2 aliphatic heterocycles. The molecule has 46 heavy (non-hydrogen) atoms. The summed E-state index contributed by atoms with van der Waals surface area (Å²) in [5.74, 6) is 0.525. The van der Waals surface area contributed by atoms with E-state index >= 15 is 0 Å². The van der Waals surface area contributed by atoms with Gasteiger partial charge in [-0.3, -0.25) is 0 Å². The molecule has 3 heterocycles. The Bertz CT molecular complexity index is 1730. The smallest absolute Gasteiger partial charge is 0.209 e. The van der Waals surface area contributed by atoms with Gasteiger partial charge >= 0.3 is 0 Å². The van der Waals surface area contributed by atoms with Crippen LogP contribution >= 0.6 is 0 Å². The SMILES string of the molecule is CCCCN1/C(=C/C=C2\CC(C)CC(/C=C/C3=[N+](CCCC)c4ccccc4C3(C)C)=C2n2cncn2)C(C)(C)c2ccccc21. The molecule has 0 saturated carbocycles. The van der Waals surface area contributed by atoms with Crippen molar-refractivity contribution < 1.29 is 4.58 Å². The average Bonchev–Trinajstić information content (AvgIpc) is 3.70. The van der Waals surface area contributed by atoms with Gasteiger partial charge in [-0.05, 0) is 67.9 Å². The maximum atomic E-state index is 4.68. The highest BCUT2D eigenvalue weighted by Crippen LogP contribution is 2.48. The molecule has 0 spiro atoms. The van der Waals surface area contributed by atoms with Crippen LogP contribution in [0.3, 0.4) is 0 Å². The number of rotatable bonds is 10. The largest absolute Gasteiger partial charge is 0.344 e. The number of fused-ring (bicyclic) bond motifs is 2. The van der Waals surface area contributed by atoms with Crippen LogP contribution in [-0.4, -0.2) is 38.1 Å². The van der Waals surface area contributed by atoms with Crippen molar-refractivity contribution in [2.75, 3.05) is 18.0 Å². The predicted molar refractivity (Wildman–Crippen MR) is 193 cm³/mol. The molecule has 0 fully saturated rings. The third-order valence-corrected chi connectivity index (χ3v) is 10.3. The summed E-state index contributed by atoms with van der Waals surface area (Å²) in [7, 11) is 0. The topological polar surface area (TPSA) is 37.0 Å². The van der Waals surface area contributed by atoms with E-state index < -0.39 is 0 Å². The molecule has 0 bridgehead atoms. The van der Waals surface area contributed by atoms with Gasteiger partial charge in [0.15, 0.2) is 5.71 Å². The van der Waals surface area contributed by atoms with Crippen molar-refractivity contribution in [1.82, 2.24) is 14.8 Å². The lowest BCUT2D eigenvalue weighted by molar-refractivity contribution is -0.438. The summed E-state index contributed by atoms with van der Waals surface area (Å²) in [4.78, 5) is 6.94. The van der Waals surface area contributed by atoms with E-state index in [2.05, 4.69) is 141 Å². The molecular formula is C41H52N5+. The second kappa shape index (κ2) is 13.0. The number of allylic oxidation sites excluding steroid dienone is 8. The number of benzene rings is 2. The van der Waals surface area contributed by atoms with Crippen molar-refractivity contribution in [3.05, 3.63) is 113 Å². The van der Waals surface area contributed by atoms with Crippen LogP contribution in [0.25, 0.3) is 5.70 Å². The maximum absolute atomic E-state index is 4.68. The molecule has 3 aromatic rings. The first-order chi connectivity index (χ1) is 22.2. The third-order valence-electron chi connectivity index (χ3n) is 10.3. The zero-order valence-electron chi connectivity index (χ0n) is 29.1. The fourth-order valence-electron chi connectivity index (χ4n) is 7.89. The fourth-order valence-corrected chi connectivity index (χ4v) is 7.89. The van der Waals surface area contributed by atoms with Crippen LogP contribution in [-0.2, 0) is 10.8 Å². The number of aromatic nitrogens is 3. The molecule has 5 heteroatoms. The van der Waals surface area contributed by atoms with Gasteiger partial charge in [0.1, 0.15) is 19.2 Å². The van der Waals surface area contributed by atoms with Gasteiger partial charge in [0.05, 0.1) is 11.1 Å². The van der Waals surface area contributed by atoms with E-state index in [0.717, 1.165) is 25.9 Å². The number of unbranched alkanes of at least 4 members (excludes halogenated alkanes) is 2. The Hall–Kier alpha value is -3.99. The molecule has 240 valence electrons. The van der Waals surface area contributed by atoms with Crippen LogP contribution in [0.1, 0.15) is 98.1 Å². The first kappa shape index (κ1) is 32.0. The van der Waals surface area contributed by atoms with Gasteiger partial charge in [-0.15, -0.1) is 0 Å². The molecule has 3 aliphatic rings. The molecule has 2 aromatic carbocycles. The minimum atomic E-state index is -0.0663. The Balaban J connectivity index is 1.46. The highest BCUT2D eigenvalue weighted by atomic mass is 15.3. The van der Waals surface area contributed by atoms with Gasteiger partial charge < -0.3 is 4.90 Å². The van der Waals surface area contributed by atoms with Crippen molar-refractivity contribution in [1.29, 1.82) is 0 Å². The van der Waals surface area contributed by atoms with Crippen LogP contribution in [0, 0.1) is 5.92 Å². The summed E-state index contributed by atoms with van der Waals surface area (Å²) in [5, 5.41) is 4.68. The fraction of sp³-hybridized carbons (Fsp3) is 0.439. The van der Waals surface area contributed by atoms with Crippen LogP contribution in [0.5, 0.6) is 0 Å². The number of para-hydroxylation sites is 2. The van der Waals surface area contributed by atoms with E-state index in [9.17, 15) is 0 Å². The number of hydrogen-bond donors (Lipinski definition) is 0. The monoisotopic (exact) mass is 614 g/mol. The summed E-state index contributed by atoms with van der Waals surface area (Å²) in [6.45, 7) is 18.5. The number of anilines is 1. The quantitative estimate of drug-likeness (QED) is 0.213. The van der Waals surface area contributed by atoms with E-state index in [1.807, 2.05) is 11.0 Å². The summed E-state index contributed by atoms with van der Waals surface area (Å²) in [6, 6.07) is 17.9. The lowest BCUT2D eigenvalue weighted by atomic mass is 9.80. The van der Waals surface area contributed by atoms with E-state index in [4.69, 9.17) is 0 Å². The predicted octanol–water partition coefficient (Wildman–Crippen LogP) is 9.76. The van der Waals surface area contributed by atoms with Gasteiger partial charge in [-0.1, -0.05) is 96.0 Å². The molecule has 0 saturated heterocycles. The van der Waals surface area contributed by atoms with E-state index in [0.29, 0.717) is 5.92 Å². The van der Waals surface area contributed by atoms with Crippen LogP contribution in [0.15, 0.2) is 102 Å². The lowest BCUT2D eigenvalue weighted by Crippen LogP contribution is -2.28. The molecular weight excluding hydrogens is 562 g/mol. The zero-order valence-corrected chi connectivity index (χ0v) is 29.1. The summed E-state index contributed by atoms with van der Waals surface area (Å²) < 4.78 is 4.55. The van der Waals surface area contributed by atoms with Crippen molar-refractivity contribution >= 4 is 22.8 Å². The normalized spacial score (nSPS) is 22.1. The number of hydrogen-bond acceptors (Lipinski definition) is 3. The maximum Gasteiger partial charge on any atom is 0.209 e. The molecule has 5 nitrogen and oxygen atoms in total. The van der Waals surface area contributed by atoms with Crippen LogP contribution in [0.4, 0.5) is 11.4 Å². The Kier molecular flexibility index (Phi) is 9.05. The highest BCUT2D eigenvalue weighted by Gasteiger charge is 2.44. The van der Waals surface area contributed by atoms with Gasteiger partial charge in [0.25, 0.3) is 0 Å². The second-order valence-corrected chi connectivity index (χ2v) is 14.5. The number of nitrogens with zero attached hydrogens (tertiary/aromatic N) is 5. The van der Waals surface area contributed by atoms with Gasteiger partial charge in [0.2, 0.25) is 5.69 Å². The highest BCUT2D eigenvalue weighted by molar-refractivity contribution is 6.03. The molecule has 1 aromatic heterocycles. The standard InChI is InChI=1S/C41H52N5/c1-8-10-24-44-35-18-14-12-16-33(35)40(4,5)37(44)22-20-31-26-30(3)27-32(39(31)46-29-42-28-43-46)21-23-38-41(6,7)34-17-13-15-19-36(34)45(38)25-11-9-2/h12-23,28-30H,8-11,24-27H2,1-7H3/q+1. The summed E-state index contributed by atoms with van der Waals surface area (Å²) in [5.41, 5.74) is 11.9.